The van der Waals surface area contributed by atoms with Crippen LogP contribution < -0.4 is 5.32 Å². The third-order valence-electron chi connectivity index (χ3n) is 3.55. The maximum Gasteiger partial charge on any atom is 0.235 e. The molecule has 0 saturated carbocycles. The highest BCUT2D eigenvalue weighted by molar-refractivity contribution is 7.88. The minimum atomic E-state index is -3.51. The van der Waals surface area contributed by atoms with Gasteiger partial charge >= 0.3 is 0 Å². The van der Waals surface area contributed by atoms with E-state index >= 15 is 0 Å². The number of carbonyl (C=O) groups is 1. The maximum absolute atomic E-state index is 12.2. The summed E-state index contributed by atoms with van der Waals surface area (Å²) in [5.41, 5.74) is 1.69. The standard InChI is InChI=1S/C17H21N3O3S/c1-14(16-8-4-3-5-9-16)19-17(21)13-20(24(2,22)23)12-15-7-6-10-18-11-15/h3-11,14H,12-13H2,1-2H3,(H,19,21). The third-order valence-corrected chi connectivity index (χ3v) is 4.74. The van der Waals surface area contributed by atoms with Gasteiger partial charge in [-0.3, -0.25) is 9.78 Å². The molecule has 0 bridgehead atoms. The Hall–Kier alpha value is -2.25. The predicted octanol–water partition coefficient (Wildman–Crippen LogP) is 1.72. The highest BCUT2D eigenvalue weighted by Crippen LogP contribution is 2.12. The Balaban J connectivity index is 2.02. The highest BCUT2D eigenvalue weighted by atomic mass is 32.2. The molecule has 1 atom stereocenters. The summed E-state index contributed by atoms with van der Waals surface area (Å²) < 4.78 is 25.0. The molecule has 1 heterocycles. The van der Waals surface area contributed by atoms with E-state index in [9.17, 15) is 13.2 Å². The topological polar surface area (TPSA) is 79.4 Å². The summed E-state index contributed by atoms with van der Waals surface area (Å²) in [6, 6.07) is 12.8. The molecule has 0 saturated heterocycles. The highest BCUT2D eigenvalue weighted by Gasteiger charge is 2.21. The fraction of sp³-hybridized carbons (Fsp3) is 0.294. The first-order valence-electron chi connectivity index (χ1n) is 7.54. The smallest absolute Gasteiger partial charge is 0.235 e. The van der Waals surface area contributed by atoms with Crippen LogP contribution in [0.2, 0.25) is 0 Å². The van der Waals surface area contributed by atoms with Crippen molar-refractivity contribution in [3.8, 4) is 0 Å². The number of amides is 1. The Labute approximate surface area is 142 Å². The van der Waals surface area contributed by atoms with Crippen molar-refractivity contribution in [2.24, 2.45) is 0 Å². The second-order valence-electron chi connectivity index (χ2n) is 5.59. The van der Waals surface area contributed by atoms with Crippen LogP contribution in [0.4, 0.5) is 0 Å². The Morgan fingerprint density at radius 3 is 2.50 bits per heavy atom. The monoisotopic (exact) mass is 347 g/mol. The number of carbonyl (C=O) groups excluding carboxylic acids is 1. The molecule has 1 amide bonds. The quantitative estimate of drug-likeness (QED) is 0.827. The Kier molecular flexibility index (Phi) is 6.05. The lowest BCUT2D eigenvalue weighted by atomic mass is 10.1. The summed E-state index contributed by atoms with van der Waals surface area (Å²) in [6.07, 6.45) is 4.29. The minimum absolute atomic E-state index is 0.111. The largest absolute Gasteiger partial charge is 0.348 e. The summed E-state index contributed by atoms with van der Waals surface area (Å²) in [4.78, 5) is 16.2. The van der Waals surface area contributed by atoms with Crippen molar-refractivity contribution >= 4 is 15.9 Å². The van der Waals surface area contributed by atoms with Crippen LogP contribution >= 0.6 is 0 Å². The molecule has 0 fully saturated rings. The zero-order valence-electron chi connectivity index (χ0n) is 13.7. The number of pyridine rings is 1. The molecule has 1 unspecified atom stereocenters. The van der Waals surface area contributed by atoms with E-state index in [4.69, 9.17) is 0 Å². The maximum atomic E-state index is 12.2. The van der Waals surface area contributed by atoms with Gasteiger partial charge in [0, 0.05) is 18.9 Å². The normalized spacial score (nSPS) is 12.8. The van der Waals surface area contributed by atoms with E-state index in [0.717, 1.165) is 21.7 Å². The number of sulfonamides is 1. The van der Waals surface area contributed by atoms with Crippen LogP contribution in [-0.2, 0) is 21.4 Å². The fourth-order valence-electron chi connectivity index (χ4n) is 2.26. The average molecular weight is 347 g/mol. The molecule has 1 N–H and O–H groups in total. The van der Waals surface area contributed by atoms with Gasteiger partial charge in [-0.1, -0.05) is 36.4 Å². The first-order chi connectivity index (χ1) is 11.4. The van der Waals surface area contributed by atoms with Crippen LogP contribution in [0.25, 0.3) is 0 Å². The summed E-state index contributed by atoms with van der Waals surface area (Å²) in [5, 5.41) is 2.82. The van der Waals surface area contributed by atoms with Gasteiger partial charge in [-0.25, -0.2) is 8.42 Å². The summed E-state index contributed by atoms with van der Waals surface area (Å²) in [7, 11) is -3.51. The number of benzene rings is 1. The van der Waals surface area contributed by atoms with E-state index < -0.39 is 10.0 Å². The van der Waals surface area contributed by atoms with Gasteiger partial charge in [-0.2, -0.15) is 4.31 Å². The molecule has 24 heavy (non-hydrogen) atoms. The van der Waals surface area contributed by atoms with Crippen LogP contribution in [0.3, 0.4) is 0 Å². The summed E-state index contributed by atoms with van der Waals surface area (Å²) in [6.45, 7) is 1.74. The molecular formula is C17H21N3O3S. The minimum Gasteiger partial charge on any atom is -0.348 e. The molecule has 0 radical (unpaired) electrons. The Morgan fingerprint density at radius 1 is 1.21 bits per heavy atom. The van der Waals surface area contributed by atoms with E-state index in [1.807, 2.05) is 37.3 Å². The molecule has 2 aromatic rings. The fourth-order valence-corrected chi connectivity index (χ4v) is 2.99. The number of hydrogen-bond acceptors (Lipinski definition) is 4. The summed E-state index contributed by atoms with van der Waals surface area (Å²) in [5.74, 6) is -0.347. The van der Waals surface area contributed by atoms with Gasteiger partial charge in [-0.15, -0.1) is 0 Å². The first kappa shape index (κ1) is 18.1. The molecule has 1 aromatic carbocycles. The zero-order chi connectivity index (χ0) is 17.6. The molecule has 0 spiro atoms. The van der Waals surface area contributed by atoms with Crippen LogP contribution in [0.5, 0.6) is 0 Å². The van der Waals surface area contributed by atoms with E-state index in [0.29, 0.717) is 0 Å². The van der Waals surface area contributed by atoms with Gasteiger partial charge in [-0.05, 0) is 24.1 Å². The van der Waals surface area contributed by atoms with Crippen molar-refractivity contribution in [3.63, 3.8) is 0 Å². The lowest BCUT2D eigenvalue weighted by Crippen LogP contribution is -2.40. The molecular weight excluding hydrogens is 326 g/mol. The van der Waals surface area contributed by atoms with E-state index in [2.05, 4.69) is 10.3 Å². The van der Waals surface area contributed by atoms with Gasteiger partial charge in [0.2, 0.25) is 15.9 Å². The van der Waals surface area contributed by atoms with Crippen molar-refractivity contribution in [1.82, 2.24) is 14.6 Å². The summed E-state index contributed by atoms with van der Waals surface area (Å²) >= 11 is 0. The lowest BCUT2D eigenvalue weighted by molar-refractivity contribution is -0.122. The molecule has 128 valence electrons. The van der Waals surface area contributed by atoms with Gasteiger partial charge < -0.3 is 5.32 Å². The van der Waals surface area contributed by atoms with Crippen molar-refractivity contribution in [3.05, 3.63) is 66.0 Å². The number of rotatable bonds is 7. The number of hydrogen-bond donors (Lipinski definition) is 1. The number of nitrogens with zero attached hydrogens (tertiary/aromatic N) is 2. The van der Waals surface area contributed by atoms with Gasteiger partial charge in [0.15, 0.2) is 0 Å². The Bertz CT molecular complexity index is 764. The van der Waals surface area contributed by atoms with E-state index in [1.54, 1.807) is 24.5 Å². The van der Waals surface area contributed by atoms with Gasteiger partial charge in [0.25, 0.3) is 0 Å². The van der Waals surface area contributed by atoms with Crippen molar-refractivity contribution in [2.75, 3.05) is 12.8 Å². The second kappa shape index (κ2) is 8.03. The van der Waals surface area contributed by atoms with Crippen LogP contribution in [0.1, 0.15) is 24.1 Å². The molecule has 2 rings (SSSR count). The number of nitrogens with one attached hydrogen (secondary N) is 1. The average Bonchev–Trinajstić information content (AvgIpc) is 2.55. The van der Waals surface area contributed by atoms with Crippen molar-refractivity contribution in [1.29, 1.82) is 0 Å². The second-order valence-corrected chi connectivity index (χ2v) is 7.57. The van der Waals surface area contributed by atoms with E-state index in [1.165, 1.54) is 0 Å². The molecule has 1 aromatic heterocycles. The van der Waals surface area contributed by atoms with Crippen molar-refractivity contribution < 1.29 is 13.2 Å². The van der Waals surface area contributed by atoms with Gasteiger partial charge in [0.1, 0.15) is 0 Å². The zero-order valence-corrected chi connectivity index (χ0v) is 14.5. The number of aromatic nitrogens is 1. The SMILES string of the molecule is CC(NC(=O)CN(Cc1cccnc1)S(C)(=O)=O)c1ccccc1. The molecule has 0 aliphatic rings. The van der Waals surface area contributed by atoms with Gasteiger partial charge in [0.05, 0.1) is 18.8 Å². The molecule has 6 nitrogen and oxygen atoms in total. The third kappa shape index (κ3) is 5.43. The predicted molar refractivity (Wildman–Crippen MR) is 92.5 cm³/mol. The lowest BCUT2D eigenvalue weighted by Gasteiger charge is -2.21. The molecule has 0 aliphatic carbocycles. The van der Waals surface area contributed by atoms with Crippen molar-refractivity contribution in [2.45, 2.75) is 19.5 Å². The van der Waals surface area contributed by atoms with E-state index in [-0.39, 0.29) is 25.0 Å². The Morgan fingerprint density at radius 2 is 1.92 bits per heavy atom. The molecule has 0 aliphatic heterocycles. The first-order valence-corrected chi connectivity index (χ1v) is 9.39. The molecule has 7 heteroatoms. The van der Waals surface area contributed by atoms with Crippen LogP contribution in [0.15, 0.2) is 54.9 Å². The van der Waals surface area contributed by atoms with Crippen LogP contribution in [-0.4, -0.2) is 36.4 Å². The van der Waals surface area contributed by atoms with Crippen LogP contribution in [0, 0.1) is 0 Å².